The zero-order valence-corrected chi connectivity index (χ0v) is 13.5. The van der Waals surface area contributed by atoms with Crippen molar-refractivity contribution in [2.75, 3.05) is 0 Å². The number of halogens is 1. The van der Waals surface area contributed by atoms with E-state index in [9.17, 15) is 0 Å². The molecule has 0 saturated heterocycles. The molecule has 0 bridgehead atoms. The molecule has 3 heteroatoms. The van der Waals surface area contributed by atoms with Gasteiger partial charge in [-0.1, -0.05) is 26.0 Å². The maximum atomic E-state index is 6.31. The average Bonchev–Trinajstić information content (AvgIpc) is 2.49. The standard InChI is InChI=1S/C18H22ClNO/c1-18(2)9-7-14(8-10-18)21-17-11-13(12-19)20-16-6-4-3-5-15(16)17/h3-6,11,14H,7-10,12H2,1-2H3. The summed E-state index contributed by atoms with van der Waals surface area (Å²) >= 11 is 5.96. The third-order valence-electron chi connectivity index (χ3n) is 4.45. The molecule has 0 aliphatic heterocycles. The number of pyridine rings is 1. The molecular weight excluding hydrogens is 282 g/mol. The van der Waals surface area contributed by atoms with E-state index < -0.39 is 0 Å². The smallest absolute Gasteiger partial charge is 0.130 e. The minimum absolute atomic E-state index is 0.312. The van der Waals surface area contributed by atoms with Crippen LogP contribution < -0.4 is 4.74 Å². The van der Waals surface area contributed by atoms with Crippen LogP contribution in [0.3, 0.4) is 0 Å². The Kier molecular flexibility index (Phi) is 4.08. The molecule has 1 aromatic heterocycles. The largest absolute Gasteiger partial charge is 0.490 e. The predicted octanol–water partition coefficient (Wildman–Crippen LogP) is 5.32. The fourth-order valence-electron chi connectivity index (χ4n) is 3.03. The predicted molar refractivity (Wildman–Crippen MR) is 88.0 cm³/mol. The summed E-state index contributed by atoms with van der Waals surface area (Å²) in [5.74, 6) is 1.35. The molecule has 1 aromatic carbocycles. The molecule has 0 atom stereocenters. The number of ether oxygens (including phenoxy) is 1. The summed E-state index contributed by atoms with van der Waals surface area (Å²) in [5, 5.41) is 1.08. The van der Waals surface area contributed by atoms with Crippen LogP contribution in [0.5, 0.6) is 5.75 Å². The lowest BCUT2D eigenvalue weighted by Crippen LogP contribution is -2.28. The molecule has 0 N–H and O–H groups in total. The normalized spacial score (nSPS) is 18.8. The van der Waals surface area contributed by atoms with Crippen molar-refractivity contribution in [3.8, 4) is 5.75 Å². The lowest BCUT2D eigenvalue weighted by atomic mass is 9.76. The number of rotatable bonds is 3. The van der Waals surface area contributed by atoms with Crippen molar-refractivity contribution in [1.82, 2.24) is 4.98 Å². The molecule has 1 saturated carbocycles. The molecule has 0 amide bonds. The molecule has 2 aromatic rings. The second kappa shape index (κ2) is 5.84. The van der Waals surface area contributed by atoms with Gasteiger partial charge in [0.25, 0.3) is 0 Å². The van der Waals surface area contributed by atoms with Gasteiger partial charge in [-0.05, 0) is 43.2 Å². The van der Waals surface area contributed by atoms with Gasteiger partial charge in [0, 0.05) is 11.5 Å². The molecule has 0 unspecified atom stereocenters. The van der Waals surface area contributed by atoms with E-state index in [1.54, 1.807) is 0 Å². The highest BCUT2D eigenvalue weighted by atomic mass is 35.5. The first-order valence-corrected chi connectivity index (χ1v) is 8.22. The fraction of sp³-hybridized carbons (Fsp3) is 0.500. The van der Waals surface area contributed by atoms with Gasteiger partial charge in [-0.2, -0.15) is 0 Å². The number of hydrogen-bond donors (Lipinski definition) is 0. The first-order chi connectivity index (χ1) is 10.1. The Hall–Kier alpha value is -1.28. The molecule has 3 rings (SSSR count). The Morgan fingerprint density at radius 2 is 1.95 bits per heavy atom. The van der Waals surface area contributed by atoms with Gasteiger partial charge in [0.15, 0.2) is 0 Å². The van der Waals surface area contributed by atoms with Gasteiger partial charge in [0.2, 0.25) is 0 Å². The number of nitrogens with zero attached hydrogens (tertiary/aromatic N) is 1. The van der Waals surface area contributed by atoms with E-state index in [1.165, 1.54) is 12.8 Å². The van der Waals surface area contributed by atoms with Crippen molar-refractivity contribution >= 4 is 22.5 Å². The molecule has 112 valence electrons. The van der Waals surface area contributed by atoms with Crippen LogP contribution in [0.15, 0.2) is 30.3 Å². The Morgan fingerprint density at radius 1 is 1.24 bits per heavy atom. The van der Waals surface area contributed by atoms with Gasteiger partial charge in [0.1, 0.15) is 5.75 Å². The summed E-state index contributed by atoms with van der Waals surface area (Å²) < 4.78 is 6.31. The molecule has 1 heterocycles. The zero-order valence-electron chi connectivity index (χ0n) is 12.7. The van der Waals surface area contributed by atoms with Gasteiger partial charge in [-0.3, -0.25) is 4.98 Å². The van der Waals surface area contributed by atoms with Crippen molar-refractivity contribution < 1.29 is 4.74 Å². The SMILES string of the molecule is CC1(C)CCC(Oc2cc(CCl)nc3ccccc23)CC1. The number of hydrogen-bond acceptors (Lipinski definition) is 2. The monoisotopic (exact) mass is 303 g/mol. The van der Waals surface area contributed by atoms with Crippen LogP contribution in [0.1, 0.15) is 45.2 Å². The van der Waals surface area contributed by atoms with E-state index in [2.05, 4.69) is 24.9 Å². The highest BCUT2D eigenvalue weighted by Gasteiger charge is 2.28. The van der Waals surface area contributed by atoms with Crippen LogP contribution in [-0.4, -0.2) is 11.1 Å². The summed E-state index contributed by atoms with van der Waals surface area (Å²) in [6, 6.07) is 10.1. The number of para-hydroxylation sites is 1. The lowest BCUT2D eigenvalue weighted by Gasteiger charge is -2.34. The van der Waals surface area contributed by atoms with Crippen molar-refractivity contribution in [3.63, 3.8) is 0 Å². The van der Waals surface area contributed by atoms with Crippen molar-refractivity contribution in [2.24, 2.45) is 5.41 Å². The fourth-order valence-corrected chi connectivity index (χ4v) is 3.17. The van der Waals surface area contributed by atoms with E-state index in [0.29, 0.717) is 17.4 Å². The molecule has 2 nitrogen and oxygen atoms in total. The van der Waals surface area contributed by atoms with Crippen LogP contribution in [0.25, 0.3) is 10.9 Å². The molecule has 0 spiro atoms. The maximum absolute atomic E-state index is 6.31. The Bertz CT molecular complexity index is 628. The highest BCUT2D eigenvalue weighted by Crippen LogP contribution is 2.37. The zero-order chi connectivity index (χ0) is 14.9. The Labute approximate surface area is 131 Å². The van der Waals surface area contributed by atoms with E-state index in [-0.39, 0.29) is 0 Å². The summed E-state index contributed by atoms with van der Waals surface area (Å²) in [4.78, 5) is 4.56. The molecule has 0 radical (unpaired) electrons. The summed E-state index contributed by atoms with van der Waals surface area (Å²) in [6.45, 7) is 4.69. The molecule has 21 heavy (non-hydrogen) atoms. The number of aromatic nitrogens is 1. The molecule has 1 fully saturated rings. The van der Waals surface area contributed by atoms with Crippen LogP contribution in [0, 0.1) is 5.41 Å². The summed E-state index contributed by atoms with van der Waals surface area (Å²) in [5.41, 5.74) is 2.30. The number of benzene rings is 1. The summed E-state index contributed by atoms with van der Waals surface area (Å²) in [7, 11) is 0. The lowest BCUT2D eigenvalue weighted by molar-refractivity contribution is 0.0999. The van der Waals surface area contributed by atoms with E-state index in [0.717, 1.165) is 35.2 Å². The average molecular weight is 304 g/mol. The number of alkyl halides is 1. The van der Waals surface area contributed by atoms with Crippen molar-refractivity contribution in [2.45, 2.75) is 51.5 Å². The molecule has 1 aliphatic carbocycles. The minimum Gasteiger partial charge on any atom is -0.490 e. The van der Waals surface area contributed by atoms with Crippen LogP contribution >= 0.6 is 11.6 Å². The van der Waals surface area contributed by atoms with Gasteiger partial charge in [0.05, 0.1) is 23.2 Å². The van der Waals surface area contributed by atoms with E-state index >= 15 is 0 Å². The molecule has 1 aliphatic rings. The van der Waals surface area contributed by atoms with Crippen LogP contribution in [0.4, 0.5) is 0 Å². The first-order valence-electron chi connectivity index (χ1n) is 7.69. The maximum Gasteiger partial charge on any atom is 0.130 e. The quantitative estimate of drug-likeness (QED) is 0.716. The van der Waals surface area contributed by atoms with Crippen molar-refractivity contribution in [1.29, 1.82) is 0 Å². The second-order valence-electron chi connectivity index (χ2n) is 6.74. The Balaban J connectivity index is 1.86. The highest BCUT2D eigenvalue weighted by molar-refractivity contribution is 6.17. The molecular formula is C18H22ClNO. The number of fused-ring (bicyclic) bond motifs is 1. The van der Waals surface area contributed by atoms with Crippen LogP contribution in [0.2, 0.25) is 0 Å². The van der Waals surface area contributed by atoms with E-state index in [4.69, 9.17) is 16.3 Å². The minimum atomic E-state index is 0.312. The van der Waals surface area contributed by atoms with Gasteiger partial charge in [-0.15, -0.1) is 11.6 Å². The van der Waals surface area contributed by atoms with Gasteiger partial charge >= 0.3 is 0 Å². The van der Waals surface area contributed by atoms with E-state index in [1.807, 2.05) is 24.3 Å². The van der Waals surface area contributed by atoms with Gasteiger partial charge in [-0.25, -0.2) is 0 Å². The second-order valence-corrected chi connectivity index (χ2v) is 7.01. The van der Waals surface area contributed by atoms with Crippen molar-refractivity contribution in [3.05, 3.63) is 36.0 Å². The summed E-state index contributed by atoms with van der Waals surface area (Å²) in [6.07, 6.45) is 5.01. The third-order valence-corrected chi connectivity index (χ3v) is 4.72. The Morgan fingerprint density at radius 3 is 2.67 bits per heavy atom. The first kappa shape index (κ1) is 14.6. The van der Waals surface area contributed by atoms with Gasteiger partial charge < -0.3 is 4.74 Å². The van der Waals surface area contributed by atoms with Crippen LogP contribution in [-0.2, 0) is 5.88 Å². The third kappa shape index (κ3) is 3.32. The topological polar surface area (TPSA) is 22.1 Å².